The van der Waals surface area contributed by atoms with Crippen LogP contribution in [0.2, 0.25) is 0 Å². The van der Waals surface area contributed by atoms with Crippen LogP contribution in [0.3, 0.4) is 0 Å². The van der Waals surface area contributed by atoms with Crippen LogP contribution in [0.5, 0.6) is 0 Å². The van der Waals surface area contributed by atoms with Crippen molar-refractivity contribution in [3.8, 4) is 0 Å². The van der Waals surface area contributed by atoms with Gasteiger partial charge in [0.2, 0.25) is 5.91 Å². The van der Waals surface area contributed by atoms with Crippen LogP contribution in [0, 0.1) is 10.8 Å². The van der Waals surface area contributed by atoms with Gasteiger partial charge in [-0.05, 0) is 99.6 Å². The van der Waals surface area contributed by atoms with Crippen LogP contribution in [0.4, 0.5) is 0 Å². The Morgan fingerprint density at radius 3 is 0.742 bits per heavy atom. The second kappa shape index (κ2) is 290. The number of fused-ring (bicyclic) bond motifs is 6. The van der Waals surface area contributed by atoms with Gasteiger partial charge in [-0.25, -0.2) is 0 Å². The molecule has 2 fully saturated rings. The van der Waals surface area contributed by atoms with E-state index in [1.165, 1.54) is 90.5 Å². The molecule has 0 unspecified atom stereocenters. The van der Waals surface area contributed by atoms with Gasteiger partial charge in [0, 0.05) is 1490 Å². The molecule has 86 heteroatoms. The zero-order chi connectivity index (χ0) is 29.8. The Morgan fingerprint density at radius 1 is 0.298 bits per heavy atom. The molecule has 78 radical (unpaired) electrons. The summed E-state index contributed by atoms with van der Waals surface area (Å²) < 4.78 is 4.33. The van der Waals surface area contributed by atoms with Gasteiger partial charge in [-0.2, -0.15) is 0 Å². The summed E-state index contributed by atoms with van der Waals surface area (Å²) in [5.74, 6) is 0.319. The van der Waals surface area contributed by atoms with E-state index in [0.29, 0.717) is 18.0 Å². The van der Waals surface area contributed by atoms with Crippen molar-refractivity contribution in [3.05, 3.63) is 71.0 Å². The van der Waals surface area contributed by atoms with Crippen molar-refractivity contribution < 1.29 is 1480 Å². The number of benzene rings is 2. The Morgan fingerprint density at radius 2 is 0.500 bits per heavy atom. The van der Waals surface area contributed by atoms with Gasteiger partial charge in [-0.3, -0.25) is 19.2 Å². The molecular weight excluding hydrogens is 4550 g/mol. The number of aliphatic hydroxyl groups excluding tert-OH is 1. The Kier molecular flexibility index (Phi) is 1190. The van der Waals surface area contributed by atoms with E-state index in [9.17, 15) is 9.90 Å². The fraction of sp³-hybridized carbons (Fsp3) is 0.553. The monoisotopic (exact) mass is 4600 g/mol. The first-order valence-electron chi connectivity index (χ1n) is 17.4. The van der Waals surface area contributed by atoms with E-state index in [-0.39, 0.29) is 1500 Å². The first kappa shape index (κ1) is 509. The van der Waals surface area contributed by atoms with E-state index in [4.69, 9.17) is 0 Å². The predicted molar refractivity (Wildman–Crippen MR) is 186 cm³/mol. The third-order valence-electron chi connectivity index (χ3n) is 13.1. The first-order chi connectivity index (χ1) is 21.5. The van der Waals surface area contributed by atoms with Gasteiger partial charge in [-0.1, -0.05) is 50.2 Å². The maximum absolute atomic E-state index is 13.0. The van der Waals surface area contributed by atoms with Gasteiger partial charge in [0.15, 0.2) is 17.4 Å². The molecule has 6 nitrogen and oxygen atoms in total. The molecule has 10 rings (SSSR count). The van der Waals surface area contributed by atoms with E-state index in [2.05, 4.69) is 81.3 Å². The molecule has 124 heavy (non-hydrogen) atoms. The first-order valence-corrected chi connectivity index (χ1v) is 17.4. The van der Waals surface area contributed by atoms with E-state index < -0.39 is 0 Å². The van der Waals surface area contributed by atoms with Crippen molar-refractivity contribution >= 4 is 45.1 Å². The van der Waals surface area contributed by atoms with Crippen molar-refractivity contribution in [1.29, 1.82) is 0 Å². The number of carbonyl (C=O) groups excluding carboxylic acids is 1. The molecule has 5 atom stereocenters. The number of aromatic nitrogens is 2. The topological polar surface area (TPSA) is 53.6 Å². The fourth-order valence-corrected chi connectivity index (χ4v) is 11.1. The Balaban J connectivity index is -0.00000000370. The molecule has 0 saturated carbocycles. The van der Waals surface area contributed by atoms with Crippen molar-refractivity contribution in [2.75, 3.05) is 26.2 Å². The van der Waals surface area contributed by atoms with Crippen LogP contribution in [0.15, 0.2) is 48.5 Å². The molecule has 8 heterocycles. The summed E-state index contributed by atoms with van der Waals surface area (Å²) in [4.78, 5) is 18.4. The smallest absolute Gasteiger partial charge is 1.00 e. The van der Waals surface area contributed by atoms with Crippen LogP contribution in [-0.4, -0.2) is 73.5 Å². The quantitative estimate of drug-likeness (QED) is 0.314. The summed E-state index contributed by atoms with van der Waals surface area (Å²) in [7, 11) is 0. The summed E-state index contributed by atoms with van der Waals surface area (Å²) in [6.45, 7) is 9.36. The summed E-state index contributed by atoms with van der Waals surface area (Å²) in [6, 6.07) is 18.1. The van der Waals surface area contributed by atoms with Gasteiger partial charge in [-0.15, -0.1) is 0 Å². The molecule has 0 bridgehead atoms. The number of hydrogen-bond donors (Lipinski definition) is 1. The number of rotatable bonds is 2. The number of piperidine rings is 2. The molecule has 4 aromatic rings. The van der Waals surface area contributed by atoms with Crippen molar-refractivity contribution in [2.24, 2.45) is 10.8 Å². The fourth-order valence-electron chi connectivity index (χ4n) is 11.1. The molecule has 0 aliphatic carbocycles. The van der Waals surface area contributed by atoms with Crippen LogP contribution in [0.1, 0.15) is 112 Å². The number of nitrogens with zero attached hydrogens (tertiary/aromatic N) is 4. The van der Waals surface area contributed by atoms with E-state index in [1.54, 1.807) is 0 Å². The Bertz CT molecular complexity index is 1940. The van der Waals surface area contributed by atoms with Crippen molar-refractivity contribution in [1.82, 2.24) is 18.9 Å². The third kappa shape index (κ3) is 149. The number of carbonyl (C=O) groups is 1. The van der Waals surface area contributed by atoms with Gasteiger partial charge in [0.1, 0.15) is 6.23 Å². The molecule has 6 aliphatic rings. The minimum Gasteiger partial charge on any atom is -1.00 e. The third-order valence-corrected chi connectivity index (χ3v) is 13.1. The molecule has 0 spiro atoms. The van der Waals surface area contributed by atoms with Gasteiger partial charge < -0.3 is 11.1 Å². The average Bonchev–Trinajstić information content (AvgIpc) is 3.59. The maximum atomic E-state index is 13.0. The van der Waals surface area contributed by atoms with Crippen LogP contribution in [-0.2, 0) is 1460 Å². The molecule has 2 aromatic heterocycles. The summed E-state index contributed by atoms with van der Waals surface area (Å²) in [5.41, 5.74) is 8.55. The van der Waals surface area contributed by atoms with Crippen LogP contribution >= 0.6 is 0 Å². The molecular formula is C38H50AlLiN4O2V78. The number of para-hydroxylation sites is 2. The van der Waals surface area contributed by atoms with Crippen LogP contribution in [0.25, 0.3) is 21.8 Å². The SMILES string of the molecule is CC[C@]12CCCN3CCc4c(n(c5ccccc45)C(=O)C1)[C@@H]32.CC[C@]12CCCN3CCc4c(n(c5ccccc45)[C@@H](O)C1)[C@@H]32.[AlH3].[H-].[Li+].[V].[V].[V].[V].[V].[V].[V].[V].[V].[V].[V].[V].[V].[V].[V].[V].[V].[V].[V].[V].[V].[V].[V].[V].[V].[V].[V].[V].[V].[V].[V].[V].[V].[V].[V].[V].[V].[V].[V].[V].[V].[V].[V].[V].[V].[V].[V].[V].[V].[V].[V].[V].[V].[V].[V].[V].[V].[V].[V].[V].[V].[V].[V].[V].[V].[V].[V].[V].[V].[V].[V].[V].[V].[V].[V].[V].[V].[V]. The molecule has 1 N–H and O–H groups in total. The minimum atomic E-state index is -0.358. The van der Waals surface area contributed by atoms with Gasteiger partial charge >= 0.3 is 18.9 Å². The number of aliphatic hydroxyl groups is 1. The Labute approximate surface area is 1700 Å². The molecule has 6 aliphatic heterocycles. The Hall–Kier alpha value is 43.8. The van der Waals surface area contributed by atoms with Crippen LogP contribution < -0.4 is 18.9 Å². The maximum Gasteiger partial charge on any atom is 1.00 e. The number of hydrogen-bond acceptors (Lipinski definition) is 4. The molecule has 2 saturated heterocycles. The largest absolute Gasteiger partial charge is 1.00 e. The second-order valence-electron chi connectivity index (χ2n) is 14.7. The van der Waals surface area contributed by atoms with E-state index in [1.807, 2.05) is 0 Å². The minimum absolute atomic E-state index is 0. The van der Waals surface area contributed by atoms with E-state index in [0.717, 1.165) is 44.2 Å². The molecule has 0 amide bonds. The average molecular weight is 4600 g/mol. The molecule has 2 aromatic carbocycles. The predicted octanol–water partition coefficient (Wildman–Crippen LogP) is 3.14. The normalized spacial score (nSPS) is 11.4. The van der Waals surface area contributed by atoms with Gasteiger partial charge in [0.05, 0.1) is 23.1 Å². The van der Waals surface area contributed by atoms with Crippen molar-refractivity contribution in [2.45, 2.75) is 96.4 Å². The zero-order valence-electron chi connectivity index (χ0n) is 63.3. The van der Waals surface area contributed by atoms with Gasteiger partial charge in [0.25, 0.3) is 0 Å². The standard InChI is InChI=1S/C19H24N2O.C19H22N2O.Al.Li.78V.4H/c2*1-2-19-9-5-10-20-11-8-14-13-6-3-4-7-15(13)21(16(22)12-19)17(14)18(19)20;;;;;;;;;;;;;;;;;;;;;;;;;;;;;;;;;;;;;;;;;;;;;;;;;;;;;;;;;;;;;;;;;;;;;;;;;;;;;;;;;;;;/h3-4,6-7,16,18,22H,2,5,8-12H2,1H3;3-4,6-7,18H,2,5,8-12H2,1H3;;;;;;;;;;;;;;;;;;;;;;;;;;;;;;;;;;;;;;;;;;;;;;;;;;;;;;;;;;;;;;;;;;;;;;;;;;;;;;;;;;;;/q;;;+1;;;;;;;;;;;;;;;;;;;;;;;;;;;;;;;;;;;;;;;;;;;;;;;;;;;;;;;;;;;;;;;;;;;;;;;;;;;;;;;;;;-1/t16-,18+,19-;18-,19+;;;;;;;;;;;;;;;;;;;;;;;;;;;;;;;;;;;;;;;;;;;;;;;;;;;;;;;;;;;;;;;;;;;;;;;;;;;;;;;;;;;;/m01..................................................................................../s1. The second-order valence-corrected chi connectivity index (χ2v) is 14.7. The van der Waals surface area contributed by atoms with Crippen molar-refractivity contribution in [3.63, 3.8) is 0 Å². The summed E-state index contributed by atoms with van der Waals surface area (Å²) in [6.07, 6.45) is 10.8. The molecule has 628 valence electrons. The summed E-state index contributed by atoms with van der Waals surface area (Å²) >= 11 is 0. The summed E-state index contributed by atoms with van der Waals surface area (Å²) in [5, 5.41) is 13.6. The zero-order valence-corrected chi connectivity index (χ0v) is 171. The van der Waals surface area contributed by atoms with E-state index >= 15 is 0 Å².